The van der Waals surface area contributed by atoms with Gasteiger partial charge in [0.05, 0.1) is 6.04 Å². The van der Waals surface area contributed by atoms with E-state index in [4.69, 9.17) is 23.2 Å². The van der Waals surface area contributed by atoms with Gasteiger partial charge in [-0.05, 0) is 52.9 Å². The minimum Gasteiger partial charge on any atom is -0.373 e. The Bertz CT molecular complexity index is 1130. The van der Waals surface area contributed by atoms with Gasteiger partial charge in [-0.3, -0.25) is 4.79 Å². The molecule has 0 saturated heterocycles. The molecule has 0 spiro atoms. The van der Waals surface area contributed by atoms with Crippen molar-refractivity contribution in [2.24, 2.45) is 0 Å². The molecule has 134 valence electrons. The smallest absolute Gasteiger partial charge is 0.161 e. The van der Waals surface area contributed by atoms with Crippen LogP contribution in [0.4, 0.5) is 5.69 Å². The molecule has 1 aliphatic carbocycles. The van der Waals surface area contributed by atoms with Crippen molar-refractivity contribution in [2.45, 2.75) is 25.3 Å². The van der Waals surface area contributed by atoms with Crippen molar-refractivity contribution in [1.29, 1.82) is 0 Å². The molecule has 5 rings (SSSR count). The number of Topliss-reactive ketones (excluding diaryl/α,β-unsaturated/α-hetero) is 1. The third-order valence-electron chi connectivity index (χ3n) is 5.55. The van der Waals surface area contributed by atoms with Crippen LogP contribution in [0.5, 0.6) is 0 Å². The molecule has 1 atom stereocenters. The second-order valence-electron chi connectivity index (χ2n) is 7.12. The molecule has 0 fully saturated rings. The van der Waals surface area contributed by atoms with E-state index in [1.165, 1.54) is 10.8 Å². The monoisotopic (exact) mass is 393 g/mol. The molecular formula is C23H17Cl2NO. The minimum atomic E-state index is -0.244. The highest BCUT2D eigenvalue weighted by atomic mass is 35.5. The molecule has 2 nitrogen and oxygen atoms in total. The van der Waals surface area contributed by atoms with Crippen LogP contribution in [-0.2, 0) is 4.79 Å². The van der Waals surface area contributed by atoms with Crippen LogP contribution in [0.1, 0.15) is 36.4 Å². The normalized spacial score (nSPS) is 18.9. The predicted octanol–water partition coefficient (Wildman–Crippen LogP) is 6.82. The highest BCUT2D eigenvalue weighted by Crippen LogP contribution is 2.48. The van der Waals surface area contributed by atoms with Gasteiger partial charge >= 0.3 is 0 Å². The second kappa shape index (κ2) is 6.40. The Balaban J connectivity index is 1.79. The van der Waals surface area contributed by atoms with Gasteiger partial charge in [-0.1, -0.05) is 59.6 Å². The number of carbonyl (C=O) groups excluding carboxylic acids is 1. The number of hydrogen-bond donors (Lipinski definition) is 1. The molecule has 2 aliphatic rings. The summed E-state index contributed by atoms with van der Waals surface area (Å²) < 4.78 is 0. The molecule has 1 heterocycles. The Morgan fingerprint density at radius 3 is 2.67 bits per heavy atom. The van der Waals surface area contributed by atoms with E-state index in [9.17, 15) is 4.79 Å². The lowest BCUT2D eigenvalue weighted by Crippen LogP contribution is -2.27. The molecule has 1 unspecified atom stereocenters. The quantitative estimate of drug-likeness (QED) is 0.491. The number of fused-ring (bicyclic) bond motifs is 4. The van der Waals surface area contributed by atoms with Crippen LogP contribution in [-0.4, -0.2) is 5.78 Å². The number of nitrogens with one attached hydrogen (secondary N) is 1. The van der Waals surface area contributed by atoms with Gasteiger partial charge in [0.15, 0.2) is 5.78 Å². The van der Waals surface area contributed by atoms with Gasteiger partial charge in [0.2, 0.25) is 0 Å². The van der Waals surface area contributed by atoms with Crippen LogP contribution in [0, 0.1) is 0 Å². The maximum Gasteiger partial charge on any atom is 0.161 e. The highest BCUT2D eigenvalue weighted by molar-refractivity contribution is 6.35. The predicted molar refractivity (Wildman–Crippen MR) is 113 cm³/mol. The first kappa shape index (κ1) is 16.9. The third kappa shape index (κ3) is 2.67. The van der Waals surface area contributed by atoms with Crippen molar-refractivity contribution in [3.05, 3.63) is 81.3 Å². The van der Waals surface area contributed by atoms with E-state index in [1.807, 2.05) is 18.2 Å². The fraction of sp³-hybridized carbons (Fsp3) is 0.174. The van der Waals surface area contributed by atoms with E-state index in [0.717, 1.165) is 40.8 Å². The van der Waals surface area contributed by atoms with Crippen LogP contribution in [0.3, 0.4) is 0 Å². The zero-order chi connectivity index (χ0) is 18.5. The molecule has 0 radical (unpaired) electrons. The largest absolute Gasteiger partial charge is 0.373 e. The number of hydrogen-bond acceptors (Lipinski definition) is 2. The van der Waals surface area contributed by atoms with Gasteiger partial charge in [0, 0.05) is 33.3 Å². The minimum absolute atomic E-state index is 0.207. The number of rotatable bonds is 1. The maximum atomic E-state index is 13.0. The van der Waals surface area contributed by atoms with E-state index >= 15 is 0 Å². The topological polar surface area (TPSA) is 29.1 Å². The molecule has 4 heteroatoms. The Hall–Kier alpha value is -2.29. The van der Waals surface area contributed by atoms with Crippen LogP contribution in [0.15, 0.2) is 60.2 Å². The second-order valence-corrected chi connectivity index (χ2v) is 7.97. The van der Waals surface area contributed by atoms with E-state index in [2.05, 4.69) is 35.6 Å². The molecule has 3 aromatic rings. The van der Waals surface area contributed by atoms with Crippen LogP contribution >= 0.6 is 23.2 Å². The Morgan fingerprint density at radius 1 is 0.963 bits per heavy atom. The standard InChI is InChI=1S/C23H17Cl2NO/c24-14-9-10-16(18(25)12-14)23-22-17(6-3-7-20(22)27)21-15-5-2-1-4-13(15)8-11-19(21)26-23/h1-2,4-5,8-12,23,26H,3,6-7H2. The van der Waals surface area contributed by atoms with Crippen molar-refractivity contribution in [1.82, 2.24) is 0 Å². The zero-order valence-electron chi connectivity index (χ0n) is 14.6. The van der Waals surface area contributed by atoms with E-state index in [0.29, 0.717) is 16.5 Å². The maximum absolute atomic E-state index is 13.0. The average Bonchev–Trinajstić information content (AvgIpc) is 2.67. The summed E-state index contributed by atoms with van der Waals surface area (Å²) >= 11 is 12.6. The van der Waals surface area contributed by atoms with E-state index < -0.39 is 0 Å². The highest BCUT2D eigenvalue weighted by Gasteiger charge is 2.35. The number of allylic oxidation sites excluding steroid dienone is 1. The first-order valence-electron chi connectivity index (χ1n) is 9.13. The van der Waals surface area contributed by atoms with E-state index in [1.54, 1.807) is 6.07 Å². The summed E-state index contributed by atoms with van der Waals surface area (Å²) in [6, 6.07) is 17.8. The number of ketones is 1. The van der Waals surface area contributed by atoms with Crippen molar-refractivity contribution in [2.75, 3.05) is 5.32 Å². The Morgan fingerprint density at radius 2 is 1.81 bits per heavy atom. The van der Waals surface area contributed by atoms with Gasteiger partial charge in [-0.2, -0.15) is 0 Å². The molecule has 0 saturated carbocycles. The zero-order valence-corrected chi connectivity index (χ0v) is 16.1. The molecule has 1 N–H and O–H groups in total. The van der Waals surface area contributed by atoms with Crippen LogP contribution in [0.2, 0.25) is 10.0 Å². The Kier molecular flexibility index (Phi) is 3.99. The first-order valence-corrected chi connectivity index (χ1v) is 9.89. The molecule has 27 heavy (non-hydrogen) atoms. The fourth-order valence-corrected chi connectivity index (χ4v) is 4.89. The fourth-order valence-electron chi connectivity index (χ4n) is 4.37. The molecule has 1 aliphatic heterocycles. The number of anilines is 1. The molecule has 0 amide bonds. The summed E-state index contributed by atoms with van der Waals surface area (Å²) in [4.78, 5) is 13.0. The van der Waals surface area contributed by atoms with E-state index in [-0.39, 0.29) is 11.8 Å². The lowest BCUT2D eigenvalue weighted by Gasteiger charge is -2.35. The summed E-state index contributed by atoms with van der Waals surface area (Å²) in [7, 11) is 0. The van der Waals surface area contributed by atoms with Crippen molar-refractivity contribution in [3.8, 4) is 0 Å². The number of benzene rings is 3. The van der Waals surface area contributed by atoms with Crippen LogP contribution in [0.25, 0.3) is 16.3 Å². The van der Waals surface area contributed by atoms with Gasteiger partial charge in [0.25, 0.3) is 0 Å². The first-order chi connectivity index (χ1) is 13.1. The molecule has 0 aromatic heterocycles. The molecular weight excluding hydrogens is 377 g/mol. The van der Waals surface area contributed by atoms with Gasteiger partial charge in [-0.15, -0.1) is 0 Å². The third-order valence-corrected chi connectivity index (χ3v) is 6.11. The molecule has 3 aromatic carbocycles. The van der Waals surface area contributed by atoms with Gasteiger partial charge in [0.1, 0.15) is 0 Å². The van der Waals surface area contributed by atoms with Crippen molar-refractivity contribution in [3.63, 3.8) is 0 Å². The number of carbonyl (C=O) groups is 1. The Labute approximate surface area is 167 Å². The van der Waals surface area contributed by atoms with Crippen LogP contribution < -0.4 is 5.32 Å². The lowest BCUT2D eigenvalue weighted by atomic mass is 9.77. The summed E-state index contributed by atoms with van der Waals surface area (Å²) in [6.07, 6.45) is 2.38. The summed E-state index contributed by atoms with van der Waals surface area (Å²) in [5.74, 6) is 0.207. The van der Waals surface area contributed by atoms with Crippen molar-refractivity contribution < 1.29 is 4.79 Å². The van der Waals surface area contributed by atoms with Gasteiger partial charge < -0.3 is 5.32 Å². The SMILES string of the molecule is O=C1CCCC2=C1C(c1ccc(Cl)cc1Cl)Nc1ccc3ccccc3c12. The molecule has 0 bridgehead atoms. The van der Waals surface area contributed by atoms with Gasteiger partial charge in [-0.25, -0.2) is 0 Å². The summed E-state index contributed by atoms with van der Waals surface area (Å²) in [5, 5.41) is 7.13. The summed E-state index contributed by atoms with van der Waals surface area (Å²) in [6.45, 7) is 0. The van der Waals surface area contributed by atoms with Crippen molar-refractivity contribution >= 4 is 51.0 Å². The summed E-state index contributed by atoms with van der Waals surface area (Å²) in [5.41, 5.74) is 5.13. The average molecular weight is 394 g/mol. The number of halogens is 2. The lowest BCUT2D eigenvalue weighted by molar-refractivity contribution is -0.116.